The molecule has 20 heavy (non-hydrogen) atoms. The fourth-order valence-corrected chi connectivity index (χ4v) is 3.76. The summed E-state index contributed by atoms with van der Waals surface area (Å²) in [6.07, 6.45) is 5.65. The topological polar surface area (TPSA) is 19.4 Å². The molecule has 0 unspecified atom stereocenters. The van der Waals surface area contributed by atoms with Gasteiger partial charge in [-0.3, -0.25) is 4.90 Å². The molecule has 2 fully saturated rings. The molecule has 3 nitrogen and oxygen atoms in total. The van der Waals surface area contributed by atoms with Crippen LogP contribution in [0.1, 0.15) is 36.9 Å². The average molecular weight is 294 g/mol. The SMILES string of the molecule is Cc1nc(N2CCN(C3CCCC3)CC2)ccc1CCl. The lowest BCUT2D eigenvalue weighted by Gasteiger charge is -2.38. The highest BCUT2D eigenvalue weighted by atomic mass is 35.5. The van der Waals surface area contributed by atoms with Crippen LogP contribution in [0.5, 0.6) is 0 Å². The van der Waals surface area contributed by atoms with Crippen LogP contribution in [0, 0.1) is 6.92 Å². The Labute approximate surface area is 126 Å². The number of aryl methyl sites for hydroxylation is 1. The lowest BCUT2D eigenvalue weighted by atomic mass is 10.1. The van der Waals surface area contributed by atoms with Gasteiger partial charge >= 0.3 is 0 Å². The molecule has 1 aromatic heterocycles. The highest BCUT2D eigenvalue weighted by molar-refractivity contribution is 6.17. The summed E-state index contributed by atoms with van der Waals surface area (Å²) in [7, 11) is 0. The summed E-state index contributed by atoms with van der Waals surface area (Å²) < 4.78 is 0. The van der Waals surface area contributed by atoms with Gasteiger partial charge in [0.05, 0.1) is 0 Å². The second kappa shape index (κ2) is 6.31. The molecule has 0 aromatic carbocycles. The Morgan fingerprint density at radius 2 is 1.85 bits per heavy atom. The van der Waals surface area contributed by atoms with Crippen LogP contribution < -0.4 is 4.90 Å². The first-order valence-corrected chi connectivity index (χ1v) is 8.33. The van der Waals surface area contributed by atoms with E-state index < -0.39 is 0 Å². The van der Waals surface area contributed by atoms with Gasteiger partial charge in [-0.25, -0.2) is 4.98 Å². The summed E-state index contributed by atoms with van der Waals surface area (Å²) in [6, 6.07) is 5.09. The molecule has 3 rings (SSSR count). The minimum Gasteiger partial charge on any atom is -0.354 e. The molecule has 2 heterocycles. The molecular weight excluding hydrogens is 270 g/mol. The number of rotatable bonds is 3. The van der Waals surface area contributed by atoms with Gasteiger partial charge in [-0.05, 0) is 31.4 Å². The maximum absolute atomic E-state index is 5.90. The van der Waals surface area contributed by atoms with Gasteiger partial charge in [0.2, 0.25) is 0 Å². The molecule has 1 aromatic rings. The van der Waals surface area contributed by atoms with Crippen molar-refractivity contribution in [3.05, 3.63) is 23.4 Å². The van der Waals surface area contributed by atoms with Gasteiger partial charge in [0.15, 0.2) is 0 Å². The fraction of sp³-hybridized carbons (Fsp3) is 0.688. The van der Waals surface area contributed by atoms with Gasteiger partial charge < -0.3 is 4.90 Å². The Balaban J connectivity index is 1.61. The predicted molar refractivity (Wildman–Crippen MR) is 84.6 cm³/mol. The van der Waals surface area contributed by atoms with Gasteiger partial charge in [-0.15, -0.1) is 11.6 Å². The van der Waals surface area contributed by atoms with Gasteiger partial charge in [0.25, 0.3) is 0 Å². The minimum absolute atomic E-state index is 0.550. The van der Waals surface area contributed by atoms with E-state index in [2.05, 4.69) is 28.9 Å². The normalized spacial score (nSPS) is 21.6. The Hall–Kier alpha value is -0.800. The van der Waals surface area contributed by atoms with E-state index in [1.807, 2.05) is 0 Å². The molecule has 1 saturated heterocycles. The van der Waals surface area contributed by atoms with Crippen LogP contribution in [0.25, 0.3) is 0 Å². The summed E-state index contributed by atoms with van der Waals surface area (Å²) >= 11 is 5.90. The summed E-state index contributed by atoms with van der Waals surface area (Å²) in [6.45, 7) is 6.62. The molecule has 110 valence electrons. The van der Waals surface area contributed by atoms with E-state index in [9.17, 15) is 0 Å². The predicted octanol–water partition coefficient (Wildman–Crippen LogP) is 3.19. The number of nitrogens with zero attached hydrogens (tertiary/aromatic N) is 3. The van der Waals surface area contributed by atoms with E-state index in [-0.39, 0.29) is 0 Å². The average Bonchev–Trinajstić information content (AvgIpc) is 3.01. The van der Waals surface area contributed by atoms with Crippen molar-refractivity contribution in [2.75, 3.05) is 31.1 Å². The summed E-state index contributed by atoms with van der Waals surface area (Å²) in [4.78, 5) is 9.81. The first kappa shape index (κ1) is 14.2. The molecule has 0 atom stereocenters. The lowest BCUT2D eigenvalue weighted by Crippen LogP contribution is -2.50. The van der Waals surface area contributed by atoms with Crippen molar-refractivity contribution in [3.63, 3.8) is 0 Å². The first-order valence-electron chi connectivity index (χ1n) is 7.79. The number of piperazine rings is 1. The second-order valence-corrected chi connectivity index (χ2v) is 6.28. The van der Waals surface area contributed by atoms with Crippen LogP contribution in [-0.4, -0.2) is 42.1 Å². The van der Waals surface area contributed by atoms with Crippen molar-refractivity contribution >= 4 is 17.4 Å². The molecular formula is C16H24ClN3. The van der Waals surface area contributed by atoms with Gasteiger partial charge in [0.1, 0.15) is 5.82 Å². The van der Waals surface area contributed by atoms with Crippen molar-refractivity contribution in [2.45, 2.75) is 44.5 Å². The molecule has 0 bridgehead atoms. The molecule has 0 N–H and O–H groups in total. The van der Waals surface area contributed by atoms with Crippen molar-refractivity contribution in [1.82, 2.24) is 9.88 Å². The monoisotopic (exact) mass is 293 g/mol. The van der Waals surface area contributed by atoms with E-state index in [1.165, 1.54) is 38.8 Å². The number of aromatic nitrogens is 1. The largest absolute Gasteiger partial charge is 0.354 e. The maximum atomic E-state index is 5.90. The van der Waals surface area contributed by atoms with Crippen LogP contribution >= 0.6 is 11.6 Å². The summed E-state index contributed by atoms with van der Waals surface area (Å²) in [5.41, 5.74) is 2.20. The van der Waals surface area contributed by atoms with E-state index in [0.717, 1.165) is 36.2 Å². The summed E-state index contributed by atoms with van der Waals surface area (Å²) in [5, 5.41) is 0. The van der Waals surface area contributed by atoms with Crippen LogP contribution in [0.4, 0.5) is 5.82 Å². The van der Waals surface area contributed by atoms with Crippen molar-refractivity contribution in [2.24, 2.45) is 0 Å². The Morgan fingerprint density at radius 3 is 2.45 bits per heavy atom. The fourth-order valence-electron chi connectivity index (χ4n) is 3.48. The number of pyridine rings is 1. The van der Waals surface area contributed by atoms with Crippen LogP contribution in [0.15, 0.2) is 12.1 Å². The minimum atomic E-state index is 0.550. The number of anilines is 1. The Bertz CT molecular complexity index is 449. The van der Waals surface area contributed by atoms with Crippen molar-refractivity contribution < 1.29 is 0 Å². The van der Waals surface area contributed by atoms with E-state index in [0.29, 0.717) is 5.88 Å². The number of halogens is 1. The van der Waals surface area contributed by atoms with Gasteiger partial charge in [-0.1, -0.05) is 18.9 Å². The molecule has 1 aliphatic carbocycles. The van der Waals surface area contributed by atoms with Crippen LogP contribution in [0.3, 0.4) is 0 Å². The van der Waals surface area contributed by atoms with Crippen LogP contribution in [0.2, 0.25) is 0 Å². The highest BCUT2D eigenvalue weighted by Gasteiger charge is 2.26. The smallest absolute Gasteiger partial charge is 0.128 e. The third-order valence-corrected chi connectivity index (χ3v) is 5.09. The third-order valence-electron chi connectivity index (χ3n) is 4.80. The molecule has 1 aliphatic heterocycles. The molecule has 0 amide bonds. The standard InChI is InChI=1S/C16H24ClN3/c1-13-14(12-17)6-7-16(18-13)20-10-8-19(9-11-20)15-4-2-3-5-15/h6-7,15H,2-5,8-12H2,1H3. The Morgan fingerprint density at radius 1 is 1.15 bits per heavy atom. The third kappa shape index (κ3) is 2.94. The lowest BCUT2D eigenvalue weighted by molar-refractivity contribution is 0.187. The zero-order valence-corrected chi connectivity index (χ0v) is 13.1. The highest BCUT2D eigenvalue weighted by Crippen LogP contribution is 2.25. The maximum Gasteiger partial charge on any atom is 0.128 e. The number of hydrogen-bond donors (Lipinski definition) is 0. The summed E-state index contributed by atoms with van der Waals surface area (Å²) in [5.74, 6) is 1.66. The van der Waals surface area contributed by atoms with E-state index in [1.54, 1.807) is 0 Å². The molecule has 4 heteroatoms. The van der Waals surface area contributed by atoms with E-state index in [4.69, 9.17) is 16.6 Å². The zero-order valence-electron chi connectivity index (χ0n) is 12.3. The zero-order chi connectivity index (χ0) is 13.9. The second-order valence-electron chi connectivity index (χ2n) is 6.01. The molecule has 2 aliphatic rings. The molecule has 0 spiro atoms. The van der Waals surface area contributed by atoms with E-state index >= 15 is 0 Å². The first-order chi connectivity index (χ1) is 9.78. The van der Waals surface area contributed by atoms with Gasteiger partial charge in [0, 0.05) is 43.8 Å². The molecule has 1 saturated carbocycles. The number of hydrogen-bond acceptors (Lipinski definition) is 3. The number of alkyl halides is 1. The van der Waals surface area contributed by atoms with Gasteiger partial charge in [-0.2, -0.15) is 0 Å². The quantitative estimate of drug-likeness (QED) is 0.798. The Kier molecular flexibility index (Phi) is 4.47. The molecule has 0 radical (unpaired) electrons. The van der Waals surface area contributed by atoms with Crippen LogP contribution in [-0.2, 0) is 5.88 Å². The van der Waals surface area contributed by atoms with Crippen molar-refractivity contribution in [3.8, 4) is 0 Å². The van der Waals surface area contributed by atoms with Crippen molar-refractivity contribution in [1.29, 1.82) is 0 Å².